The molecule has 172 valence electrons. The highest BCUT2D eigenvalue weighted by Crippen LogP contribution is 2.37. The molecule has 0 bridgehead atoms. The van der Waals surface area contributed by atoms with Gasteiger partial charge in [-0.2, -0.15) is 0 Å². The largest absolute Gasteiger partial charge is 0.344 e. The van der Waals surface area contributed by atoms with Crippen LogP contribution >= 0.6 is 0 Å². The van der Waals surface area contributed by atoms with Gasteiger partial charge in [-0.05, 0) is 74.1 Å². The van der Waals surface area contributed by atoms with Crippen molar-refractivity contribution in [3.8, 4) is 0 Å². The van der Waals surface area contributed by atoms with Gasteiger partial charge in [-0.15, -0.1) is 0 Å². The quantitative estimate of drug-likeness (QED) is 0.627. The van der Waals surface area contributed by atoms with Crippen molar-refractivity contribution in [2.75, 3.05) is 19.6 Å². The normalized spacial score (nSPS) is 23.6. The maximum absolute atomic E-state index is 13.3. The van der Waals surface area contributed by atoms with Gasteiger partial charge in [-0.3, -0.25) is 9.69 Å². The molecule has 1 amide bonds. The molecule has 32 heavy (non-hydrogen) atoms. The molecule has 3 heterocycles. The molecule has 4 aliphatic rings. The number of piperidine rings is 1. The first-order chi connectivity index (χ1) is 15.7. The molecule has 2 aliphatic heterocycles. The lowest BCUT2D eigenvalue weighted by atomic mass is 9.85. The van der Waals surface area contributed by atoms with Gasteiger partial charge in [-0.25, -0.2) is 0 Å². The topological polar surface area (TPSA) is 28.5 Å². The molecular formula is C28H39N3O. The average Bonchev–Trinajstić information content (AvgIpc) is 3.42. The van der Waals surface area contributed by atoms with Crippen molar-refractivity contribution in [2.24, 2.45) is 11.8 Å². The Hall–Kier alpha value is -1.81. The highest BCUT2D eigenvalue weighted by Gasteiger charge is 2.31. The molecule has 1 saturated heterocycles. The van der Waals surface area contributed by atoms with Crippen LogP contribution in [0.3, 0.4) is 0 Å². The van der Waals surface area contributed by atoms with Crippen LogP contribution in [0, 0.1) is 11.8 Å². The van der Waals surface area contributed by atoms with Gasteiger partial charge in [-0.1, -0.05) is 26.2 Å². The number of fused-ring (bicyclic) bond motifs is 3. The highest BCUT2D eigenvalue weighted by molar-refractivity contribution is 5.99. The maximum atomic E-state index is 13.3. The molecule has 0 spiro atoms. The molecule has 0 radical (unpaired) electrons. The number of carbonyl (C=O) groups excluding carboxylic acids is 1. The summed E-state index contributed by atoms with van der Waals surface area (Å²) in [6.45, 7) is 7.58. The number of hydrogen-bond acceptors (Lipinski definition) is 2. The van der Waals surface area contributed by atoms with E-state index >= 15 is 0 Å². The van der Waals surface area contributed by atoms with Crippen LogP contribution in [0.1, 0.15) is 86.3 Å². The SMILES string of the molecule is CC1CCN(C(=O)c2ccc3c(c2)c2c(n3CC3CCC3)CCN(C3CCCC3)C2)CC1. The molecular weight excluding hydrogens is 394 g/mol. The Balaban J connectivity index is 1.35. The van der Waals surface area contributed by atoms with Gasteiger partial charge in [0.1, 0.15) is 0 Å². The van der Waals surface area contributed by atoms with Crippen LogP contribution in [0.2, 0.25) is 0 Å². The van der Waals surface area contributed by atoms with E-state index in [9.17, 15) is 4.79 Å². The summed E-state index contributed by atoms with van der Waals surface area (Å²) < 4.78 is 2.65. The second-order valence-electron chi connectivity index (χ2n) is 11.2. The number of carbonyl (C=O) groups is 1. The van der Waals surface area contributed by atoms with Crippen LogP contribution in [0.15, 0.2) is 18.2 Å². The number of aromatic nitrogens is 1. The van der Waals surface area contributed by atoms with Gasteiger partial charge in [0.25, 0.3) is 5.91 Å². The van der Waals surface area contributed by atoms with E-state index in [-0.39, 0.29) is 5.91 Å². The summed E-state index contributed by atoms with van der Waals surface area (Å²) in [5, 5.41) is 1.36. The molecule has 0 unspecified atom stereocenters. The summed E-state index contributed by atoms with van der Waals surface area (Å²) in [6, 6.07) is 7.41. The zero-order valence-electron chi connectivity index (χ0n) is 19.8. The fraction of sp³-hybridized carbons (Fsp3) is 0.679. The summed E-state index contributed by atoms with van der Waals surface area (Å²) in [5.41, 5.74) is 5.37. The maximum Gasteiger partial charge on any atom is 0.253 e. The number of benzene rings is 1. The van der Waals surface area contributed by atoms with E-state index in [1.807, 2.05) is 0 Å². The highest BCUT2D eigenvalue weighted by atomic mass is 16.2. The molecule has 4 nitrogen and oxygen atoms in total. The summed E-state index contributed by atoms with van der Waals surface area (Å²) in [7, 11) is 0. The van der Waals surface area contributed by atoms with Gasteiger partial charge < -0.3 is 9.47 Å². The molecule has 1 aromatic carbocycles. The first kappa shape index (κ1) is 20.8. The van der Waals surface area contributed by atoms with Crippen LogP contribution < -0.4 is 0 Å². The third-order valence-electron chi connectivity index (χ3n) is 9.11. The second kappa shape index (κ2) is 8.52. The number of hydrogen-bond donors (Lipinski definition) is 0. The van der Waals surface area contributed by atoms with E-state index in [0.29, 0.717) is 0 Å². The van der Waals surface area contributed by atoms with Crippen LogP contribution in [0.25, 0.3) is 10.9 Å². The fourth-order valence-electron chi connectivity index (χ4n) is 6.72. The molecule has 2 saturated carbocycles. The van der Waals surface area contributed by atoms with Crippen LogP contribution in [0.5, 0.6) is 0 Å². The standard InChI is InChI=1S/C28H39N3O/c1-20-11-14-29(15-12-20)28(32)22-9-10-26-24(17-22)25-19-30(23-7-2-3-8-23)16-13-27(25)31(26)18-21-5-4-6-21/h9-10,17,20-21,23H,2-8,11-16,18-19H2,1H3. The van der Waals surface area contributed by atoms with Crippen molar-refractivity contribution < 1.29 is 4.79 Å². The van der Waals surface area contributed by atoms with E-state index in [1.165, 1.54) is 80.9 Å². The predicted octanol–water partition coefficient (Wildman–Crippen LogP) is 5.61. The Morgan fingerprint density at radius 3 is 2.47 bits per heavy atom. The van der Waals surface area contributed by atoms with E-state index < -0.39 is 0 Å². The van der Waals surface area contributed by atoms with Gasteiger partial charge in [0.05, 0.1) is 0 Å². The Morgan fingerprint density at radius 1 is 0.969 bits per heavy atom. The van der Waals surface area contributed by atoms with Crippen molar-refractivity contribution in [2.45, 2.75) is 90.3 Å². The van der Waals surface area contributed by atoms with Crippen molar-refractivity contribution in [1.82, 2.24) is 14.4 Å². The number of rotatable bonds is 4. The van der Waals surface area contributed by atoms with Gasteiger partial charge >= 0.3 is 0 Å². The molecule has 0 N–H and O–H groups in total. The molecule has 3 fully saturated rings. The molecule has 4 heteroatoms. The minimum absolute atomic E-state index is 0.239. The van der Waals surface area contributed by atoms with Crippen molar-refractivity contribution in [3.63, 3.8) is 0 Å². The van der Waals surface area contributed by atoms with Gasteiger partial charge in [0.2, 0.25) is 0 Å². The smallest absolute Gasteiger partial charge is 0.253 e. The van der Waals surface area contributed by atoms with E-state index in [0.717, 1.165) is 55.9 Å². The predicted molar refractivity (Wildman–Crippen MR) is 130 cm³/mol. The minimum Gasteiger partial charge on any atom is -0.344 e. The first-order valence-electron chi connectivity index (χ1n) is 13.3. The molecule has 6 rings (SSSR count). The zero-order valence-corrected chi connectivity index (χ0v) is 19.8. The van der Waals surface area contributed by atoms with Crippen molar-refractivity contribution in [3.05, 3.63) is 35.0 Å². The van der Waals surface area contributed by atoms with Gasteiger partial charge in [0.15, 0.2) is 0 Å². The van der Waals surface area contributed by atoms with Crippen molar-refractivity contribution >= 4 is 16.8 Å². The lowest BCUT2D eigenvalue weighted by molar-refractivity contribution is 0.0697. The number of amides is 1. The monoisotopic (exact) mass is 433 g/mol. The van der Waals surface area contributed by atoms with E-state index in [4.69, 9.17) is 0 Å². The fourth-order valence-corrected chi connectivity index (χ4v) is 6.72. The van der Waals surface area contributed by atoms with E-state index in [2.05, 4.69) is 39.5 Å². The summed E-state index contributed by atoms with van der Waals surface area (Å²) >= 11 is 0. The first-order valence-corrected chi connectivity index (χ1v) is 13.3. The number of nitrogens with zero attached hydrogens (tertiary/aromatic N) is 3. The zero-order chi connectivity index (χ0) is 21.7. The Labute approximate surface area is 192 Å². The molecule has 0 atom stereocenters. The molecule has 2 aliphatic carbocycles. The Morgan fingerprint density at radius 2 is 1.75 bits per heavy atom. The lowest BCUT2D eigenvalue weighted by Gasteiger charge is -2.34. The number of likely N-dealkylation sites (tertiary alicyclic amines) is 1. The third kappa shape index (κ3) is 3.69. The van der Waals surface area contributed by atoms with Gasteiger partial charge in [0, 0.05) is 67.3 Å². The average molecular weight is 434 g/mol. The lowest BCUT2D eigenvalue weighted by Crippen LogP contribution is -2.38. The molecule has 1 aromatic heterocycles. The summed E-state index contributed by atoms with van der Waals surface area (Å²) in [5.74, 6) is 1.83. The molecule has 2 aromatic rings. The van der Waals surface area contributed by atoms with Crippen LogP contribution in [-0.4, -0.2) is 46.0 Å². The van der Waals surface area contributed by atoms with Crippen molar-refractivity contribution in [1.29, 1.82) is 0 Å². The Kier molecular flexibility index (Phi) is 5.53. The summed E-state index contributed by atoms with van der Waals surface area (Å²) in [4.78, 5) is 18.2. The second-order valence-corrected chi connectivity index (χ2v) is 11.2. The minimum atomic E-state index is 0.239. The van der Waals surface area contributed by atoms with Crippen LogP contribution in [0.4, 0.5) is 0 Å². The van der Waals surface area contributed by atoms with E-state index in [1.54, 1.807) is 5.69 Å². The Bertz CT molecular complexity index is 990. The summed E-state index contributed by atoms with van der Waals surface area (Å²) in [6.07, 6.45) is 13.1. The third-order valence-corrected chi connectivity index (χ3v) is 9.11. The van der Waals surface area contributed by atoms with Crippen LogP contribution in [-0.2, 0) is 19.5 Å².